The molecule has 1 aromatic rings. The van der Waals surface area contributed by atoms with E-state index >= 15 is 0 Å². The number of carbonyl (C=O) groups is 1. The maximum absolute atomic E-state index is 11.7. The summed E-state index contributed by atoms with van der Waals surface area (Å²) in [7, 11) is 1.49. The summed E-state index contributed by atoms with van der Waals surface area (Å²) in [6.45, 7) is 0.940. The van der Waals surface area contributed by atoms with E-state index in [1.54, 1.807) is 0 Å². The smallest absolute Gasteiger partial charge is 0.330 e. The van der Waals surface area contributed by atoms with Gasteiger partial charge in [0.2, 0.25) is 0 Å². The van der Waals surface area contributed by atoms with Gasteiger partial charge in [0.05, 0.1) is 13.2 Å². The number of urea groups is 1. The second-order valence-electron chi connectivity index (χ2n) is 3.88. The largest absolute Gasteiger partial charge is 0.383 e. The van der Waals surface area contributed by atoms with Gasteiger partial charge in [-0.15, -0.1) is 0 Å². The first-order valence-electron chi connectivity index (χ1n) is 5.86. The molecule has 0 unspecified atom stereocenters. The third-order valence-corrected chi connectivity index (χ3v) is 2.48. The highest BCUT2D eigenvalue weighted by Gasteiger charge is 2.11. The maximum atomic E-state index is 11.7. The SMILES string of the molecule is COCCn1c(N)c(NCCNC(N)=O)c(=O)[nH]c1=O. The van der Waals surface area contributed by atoms with Crippen molar-refractivity contribution in [2.75, 3.05) is 37.9 Å². The number of aromatic nitrogens is 2. The van der Waals surface area contributed by atoms with Crippen molar-refractivity contribution in [1.82, 2.24) is 14.9 Å². The van der Waals surface area contributed by atoms with Gasteiger partial charge in [-0.05, 0) is 0 Å². The lowest BCUT2D eigenvalue weighted by Gasteiger charge is -2.13. The molecule has 1 rings (SSSR count). The molecule has 10 nitrogen and oxygen atoms in total. The molecular weight excluding hydrogens is 268 g/mol. The lowest BCUT2D eigenvalue weighted by Crippen LogP contribution is -2.37. The molecule has 0 spiro atoms. The standard InChI is InChI=1S/C10H18N6O4/c1-20-5-4-16-7(11)6(8(17)15-10(16)19)13-2-3-14-9(12)18/h13H,2-5,11H2,1H3,(H3,12,14,18)(H,15,17,19). The van der Waals surface area contributed by atoms with Crippen molar-refractivity contribution < 1.29 is 9.53 Å². The van der Waals surface area contributed by atoms with Crippen molar-refractivity contribution in [3.8, 4) is 0 Å². The third-order valence-electron chi connectivity index (χ3n) is 2.48. The molecule has 0 aromatic carbocycles. The number of aromatic amines is 1. The summed E-state index contributed by atoms with van der Waals surface area (Å²) in [5.41, 5.74) is 9.51. The van der Waals surface area contributed by atoms with Crippen molar-refractivity contribution in [1.29, 1.82) is 0 Å². The van der Waals surface area contributed by atoms with Gasteiger partial charge in [-0.25, -0.2) is 9.59 Å². The van der Waals surface area contributed by atoms with Crippen LogP contribution in [0, 0.1) is 0 Å². The molecule has 1 heterocycles. The Balaban J connectivity index is 2.87. The van der Waals surface area contributed by atoms with Gasteiger partial charge in [-0.2, -0.15) is 0 Å². The van der Waals surface area contributed by atoms with E-state index in [2.05, 4.69) is 15.6 Å². The zero-order valence-corrected chi connectivity index (χ0v) is 11.1. The molecule has 2 amide bonds. The van der Waals surface area contributed by atoms with Crippen molar-refractivity contribution in [2.45, 2.75) is 6.54 Å². The summed E-state index contributed by atoms with van der Waals surface area (Å²) in [6, 6.07) is -0.668. The number of nitrogens with two attached hydrogens (primary N) is 2. The number of hydrogen-bond acceptors (Lipinski definition) is 6. The fourth-order valence-corrected chi connectivity index (χ4v) is 1.54. The van der Waals surface area contributed by atoms with E-state index < -0.39 is 17.3 Å². The number of carbonyl (C=O) groups excluding carboxylic acids is 1. The van der Waals surface area contributed by atoms with Gasteiger partial charge in [0.15, 0.2) is 0 Å². The fraction of sp³-hybridized carbons (Fsp3) is 0.500. The van der Waals surface area contributed by atoms with E-state index in [4.69, 9.17) is 16.2 Å². The van der Waals surface area contributed by atoms with Crippen LogP contribution in [0.4, 0.5) is 16.3 Å². The Labute approximate surface area is 114 Å². The predicted octanol–water partition coefficient (Wildman–Crippen LogP) is -2.15. The van der Waals surface area contributed by atoms with Crippen molar-refractivity contribution >= 4 is 17.5 Å². The molecule has 0 fully saturated rings. The Morgan fingerprint density at radius 3 is 2.70 bits per heavy atom. The summed E-state index contributed by atoms with van der Waals surface area (Å²) in [6.07, 6.45) is 0. The molecule has 0 saturated heterocycles. The monoisotopic (exact) mass is 286 g/mol. The van der Waals surface area contributed by atoms with Gasteiger partial charge < -0.3 is 26.8 Å². The first kappa shape index (κ1) is 15.6. The van der Waals surface area contributed by atoms with Crippen LogP contribution in [0.5, 0.6) is 0 Å². The normalized spacial score (nSPS) is 10.2. The zero-order valence-electron chi connectivity index (χ0n) is 11.1. The van der Waals surface area contributed by atoms with Crippen LogP contribution in [0.3, 0.4) is 0 Å². The summed E-state index contributed by atoms with van der Waals surface area (Å²) < 4.78 is 6.05. The number of methoxy groups -OCH3 is 1. The molecule has 0 radical (unpaired) electrons. The summed E-state index contributed by atoms with van der Waals surface area (Å²) in [4.78, 5) is 35.9. The number of ether oxygens (including phenoxy) is 1. The van der Waals surface area contributed by atoms with Crippen LogP contribution < -0.4 is 33.3 Å². The van der Waals surface area contributed by atoms with Crippen LogP contribution in [0.25, 0.3) is 0 Å². The van der Waals surface area contributed by atoms with E-state index in [9.17, 15) is 14.4 Å². The number of nitrogen functional groups attached to an aromatic ring is 1. The summed E-state index contributed by atoms with van der Waals surface area (Å²) in [5.74, 6) is 0.00914. The maximum Gasteiger partial charge on any atom is 0.330 e. The third kappa shape index (κ3) is 4.02. The minimum absolute atomic E-state index is 0.00914. The number of amides is 2. The van der Waals surface area contributed by atoms with Crippen LogP contribution in [0.2, 0.25) is 0 Å². The molecule has 20 heavy (non-hydrogen) atoms. The van der Waals surface area contributed by atoms with Crippen LogP contribution in [0.15, 0.2) is 9.59 Å². The topological polar surface area (TPSA) is 157 Å². The van der Waals surface area contributed by atoms with E-state index in [-0.39, 0.29) is 37.7 Å². The second kappa shape index (κ2) is 7.19. The Bertz CT molecular complexity index is 578. The Morgan fingerprint density at radius 1 is 1.40 bits per heavy atom. The van der Waals surface area contributed by atoms with E-state index in [0.717, 1.165) is 0 Å². The van der Waals surface area contributed by atoms with Crippen LogP contribution >= 0.6 is 0 Å². The van der Waals surface area contributed by atoms with Crippen molar-refractivity contribution in [2.24, 2.45) is 5.73 Å². The highest BCUT2D eigenvalue weighted by molar-refractivity contribution is 5.71. The average molecular weight is 286 g/mol. The van der Waals surface area contributed by atoms with E-state index in [1.807, 2.05) is 0 Å². The summed E-state index contributed by atoms with van der Waals surface area (Å²) >= 11 is 0. The predicted molar refractivity (Wildman–Crippen MR) is 73.7 cm³/mol. The molecule has 0 aliphatic heterocycles. The molecule has 0 bridgehead atoms. The molecule has 112 valence electrons. The highest BCUT2D eigenvalue weighted by Crippen LogP contribution is 2.08. The first-order valence-corrected chi connectivity index (χ1v) is 5.86. The molecule has 1 aromatic heterocycles. The molecule has 0 aliphatic carbocycles. The van der Waals surface area contributed by atoms with Crippen LogP contribution in [-0.2, 0) is 11.3 Å². The number of anilines is 2. The quantitative estimate of drug-likeness (QED) is 0.359. The van der Waals surface area contributed by atoms with Gasteiger partial charge in [-0.3, -0.25) is 14.3 Å². The van der Waals surface area contributed by atoms with Gasteiger partial charge in [0.1, 0.15) is 11.5 Å². The molecule has 0 saturated carbocycles. The number of hydrogen-bond donors (Lipinski definition) is 5. The van der Waals surface area contributed by atoms with Crippen LogP contribution in [0.1, 0.15) is 0 Å². The van der Waals surface area contributed by atoms with E-state index in [0.29, 0.717) is 0 Å². The van der Waals surface area contributed by atoms with Crippen LogP contribution in [-0.4, -0.2) is 42.4 Å². The fourth-order valence-electron chi connectivity index (χ4n) is 1.54. The zero-order chi connectivity index (χ0) is 15.1. The minimum atomic E-state index is -0.668. The summed E-state index contributed by atoms with van der Waals surface area (Å²) in [5, 5.41) is 5.09. The van der Waals surface area contributed by atoms with Crippen molar-refractivity contribution in [3.05, 3.63) is 20.8 Å². The lowest BCUT2D eigenvalue weighted by molar-refractivity contribution is 0.186. The molecule has 0 atom stereocenters. The lowest BCUT2D eigenvalue weighted by atomic mass is 10.4. The first-order chi connectivity index (χ1) is 9.47. The number of primary amides is 1. The number of nitrogens with one attached hydrogen (secondary N) is 3. The average Bonchev–Trinajstić information content (AvgIpc) is 2.37. The molecule has 0 aliphatic rings. The van der Waals surface area contributed by atoms with Gasteiger partial charge >= 0.3 is 11.7 Å². The highest BCUT2D eigenvalue weighted by atomic mass is 16.5. The number of H-pyrrole nitrogens is 1. The number of rotatable bonds is 7. The molecular formula is C10H18N6O4. The molecule has 7 N–H and O–H groups in total. The molecule has 10 heteroatoms. The second-order valence-corrected chi connectivity index (χ2v) is 3.88. The Hall–Kier alpha value is -2.49. The van der Waals surface area contributed by atoms with Gasteiger partial charge in [-0.1, -0.05) is 0 Å². The van der Waals surface area contributed by atoms with E-state index in [1.165, 1.54) is 11.7 Å². The van der Waals surface area contributed by atoms with Gasteiger partial charge in [0.25, 0.3) is 5.56 Å². The Morgan fingerprint density at radius 2 is 2.10 bits per heavy atom. The Kier molecular flexibility index (Phi) is 5.59. The number of nitrogens with zero attached hydrogens (tertiary/aromatic N) is 1. The minimum Gasteiger partial charge on any atom is -0.383 e. The van der Waals surface area contributed by atoms with Gasteiger partial charge in [0, 0.05) is 20.2 Å². The van der Waals surface area contributed by atoms with Crippen molar-refractivity contribution in [3.63, 3.8) is 0 Å².